The Kier molecular flexibility index (Phi) is 5.11. The van der Waals surface area contributed by atoms with Crippen molar-refractivity contribution < 1.29 is 14.6 Å². The van der Waals surface area contributed by atoms with Gasteiger partial charge in [0.1, 0.15) is 22.7 Å². The molecule has 34 heavy (non-hydrogen) atoms. The van der Waals surface area contributed by atoms with Gasteiger partial charge in [-0.05, 0) is 39.2 Å². The maximum absolute atomic E-state index is 13.4. The van der Waals surface area contributed by atoms with Crippen LogP contribution in [0.1, 0.15) is 74.5 Å². The molecule has 0 unspecified atom stereocenters. The van der Waals surface area contributed by atoms with Crippen molar-refractivity contribution >= 4 is 23.1 Å². The second kappa shape index (κ2) is 8.06. The number of nitrogens with one attached hydrogen (secondary N) is 1. The first-order valence-electron chi connectivity index (χ1n) is 12.2. The Morgan fingerprint density at radius 3 is 2.76 bits per heavy atom. The van der Waals surface area contributed by atoms with Gasteiger partial charge in [-0.1, -0.05) is 19.3 Å². The number of aliphatic hydroxyl groups is 1. The topological polar surface area (TPSA) is 110 Å². The molecular weight excluding hydrogens is 434 g/mol. The highest BCUT2D eigenvalue weighted by molar-refractivity contribution is 6.08. The van der Waals surface area contributed by atoms with E-state index in [0.717, 1.165) is 38.2 Å². The summed E-state index contributed by atoms with van der Waals surface area (Å²) in [6.45, 7) is 4.91. The van der Waals surface area contributed by atoms with Gasteiger partial charge in [-0.2, -0.15) is 10.2 Å². The van der Waals surface area contributed by atoms with E-state index in [-0.39, 0.29) is 12.0 Å². The number of carbonyl (C=O) groups excluding carboxylic acids is 1. The Hall–Kier alpha value is -2.98. The molecule has 3 aromatic heterocycles. The zero-order chi connectivity index (χ0) is 23.4. The summed E-state index contributed by atoms with van der Waals surface area (Å²) in [6.07, 6.45) is 12.2. The molecule has 180 valence electrons. The SMILES string of the molecule is CC(C)(O)c1nn(C2CCCCC2)cc1NC(=O)c1cnn2ccc(N3C[C@H]4C[C@@H]3CO4)nc12. The minimum atomic E-state index is -1.19. The Morgan fingerprint density at radius 1 is 1.24 bits per heavy atom. The Balaban J connectivity index is 1.29. The van der Waals surface area contributed by atoms with Crippen LogP contribution in [-0.2, 0) is 10.3 Å². The van der Waals surface area contributed by atoms with Crippen molar-refractivity contribution in [1.82, 2.24) is 24.4 Å². The number of anilines is 2. The van der Waals surface area contributed by atoms with Crippen molar-refractivity contribution in [1.29, 1.82) is 0 Å². The van der Waals surface area contributed by atoms with Crippen LogP contribution in [0, 0.1) is 0 Å². The zero-order valence-electron chi connectivity index (χ0n) is 19.6. The first-order valence-corrected chi connectivity index (χ1v) is 12.2. The average Bonchev–Trinajstić information content (AvgIpc) is 3.61. The lowest BCUT2D eigenvalue weighted by molar-refractivity contribution is 0.0732. The molecule has 0 radical (unpaired) electrons. The molecule has 2 bridgehead atoms. The lowest BCUT2D eigenvalue weighted by atomic mass is 9.96. The van der Waals surface area contributed by atoms with Gasteiger partial charge in [0.25, 0.3) is 5.91 Å². The third-order valence-corrected chi connectivity index (χ3v) is 7.30. The molecule has 5 heterocycles. The molecule has 1 saturated carbocycles. The van der Waals surface area contributed by atoms with Crippen LogP contribution in [-0.4, -0.2) is 60.7 Å². The van der Waals surface area contributed by atoms with Gasteiger partial charge < -0.3 is 20.1 Å². The molecule has 2 N–H and O–H groups in total. The first kappa shape index (κ1) is 21.5. The Labute approximate surface area is 197 Å². The van der Waals surface area contributed by atoms with Crippen molar-refractivity contribution in [2.75, 3.05) is 23.4 Å². The van der Waals surface area contributed by atoms with E-state index in [1.54, 1.807) is 18.4 Å². The van der Waals surface area contributed by atoms with Crippen molar-refractivity contribution in [3.05, 3.63) is 35.9 Å². The fourth-order valence-electron chi connectivity index (χ4n) is 5.52. The van der Waals surface area contributed by atoms with Gasteiger partial charge in [0.15, 0.2) is 5.65 Å². The van der Waals surface area contributed by atoms with Crippen LogP contribution in [0.3, 0.4) is 0 Å². The lowest BCUT2D eigenvalue weighted by Gasteiger charge is -2.27. The van der Waals surface area contributed by atoms with Crippen molar-refractivity contribution in [2.24, 2.45) is 0 Å². The van der Waals surface area contributed by atoms with E-state index in [1.165, 1.54) is 25.5 Å². The molecule has 2 aliphatic heterocycles. The van der Waals surface area contributed by atoms with E-state index in [0.29, 0.717) is 34.7 Å². The van der Waals surface area contributed by atoms with E-state index < -0.39 is 5.60 Å². The summed E-state index contributed by atoms with van der Waals surface area (Å²) in [6, 6.07) is 2.56. The predicted molar refractivity (Wildman–Crippen MR) is 126 cm³/mol. The summed E-state index contributed by atoms with van der Waals surface area (Å²) < 4.78 is 9.24. The van der Waals surface area contributed by atoms with Gasteiger partial charge in [0, 0.05) is 18.9 Å². The van der Waals surface area contributed by atoms with Gasteiger partial charge in [-0.3, -0.25) is 9.48 Å². The molecule has 0 aromatic carbocycles. The maximum Gasteiger partial charge on any atom is 0.261 e. The van der Waals surface area contributed by atoms with Crippen LogP contribution in [0.25, 0.3) is 5.65 Å². The predicted octanol–water partition coefficient (Wildman–Crippen LogP) is 2.89. The molecule has 2 saturated heterocycles. The van der Waals surface area contributed by atoms with Crippen LogP contribution in [0.2, 0.25) is 0 Å². The molecule has 10 heteroatoms. The van der Waals surface area contributed by atoms with Crippen molar-refractivity contribution in [3.63, 3.8) is 0 Å². The molecule has 2 atom stereocenters. The van der Waals surface area contributed by atoms with Gasteiger partial charge in [-0.15, -0.1) is 0 Å². The van der Waals surface area contributed by atoms with Gasteiger partial charge in [-0.25, -0.2) is 9.50 Å². The third kappa shape index (κ3) is 3.74. The smallest absolute Gasteiger partial charge is 0.261 e. The van der Waals surface area contributed by atoms with E-state index in [9.17, 15) is 9.90 Å². The average molecular weight is 466 g/mol. The molecule has 1 amide bonds. The minimum Gasteiger partial charge on any atom is -0.384 e. The molecule has 3 aliphatic rings. The summed E-state index contributed by atoms with van der Waals surface area (Å²) in [4.78, 5) is 20.4. The highest BCUT2D eigenvalue weighted by Crippen LogP contribution is 2.34. The van der Waals surface area contributed by atoms with Gasteiger partial charge in [0.2, 0.25) is 0 Å². The number of hydrogen-bond acceptors (Lipinski definition) is 7. The van der Waals surface area contributed by atoms with E-state index in [1.807, 2.05) is 23.1 Å². The normalized spacial score (nSPS) is 23.2. The zero-order valence-corrected chi connectivity index (χ0v) is 19.6. The fraction of sp³-hybridized carbons (Fsp3) is 0.583. The monoisotopic (exact) mass is 465 g/mol. The molecule has 10 nitrogen and oxygen atoms in total. The first-order chi connectivity index (χ1) is 16.4. The number of fused-ring (bicyclic) bond motifs is 3. The summed E-state index contributed by atoms with van der Waals surface area (Å²) in [5.41, 5.74) is 0.682. The standard InChI is InChI=1S/C24H31N7O3/c1-24(2,33)21-19(13-31(28-21)15-6-4-3-5-7-15)26-23(32)18-11-25-30-9-8-20(27-22(18)30)29-12-17-10-16(29)14-34-17/h8-9,11,13,15-17,33H,3-7,10,12,14H2,1-2H3,(H,26,32)/t16-,17-/m1/s1. The van der Waals surface area contributed by atoms with Crippen LogP contribution >= 0.6 is 0 Å². The molecule has 3 aromatic rings. The fourth-order valence-corrected chi connectivity index (χ4v) is 5.52. The number of amides is 1. The molecule has 1 aliphatic carbocycles. The highest BCUT2D eigenvalue weighted by atomic mass is 16.5. The number of morpholine rings is 1. The quantitative estimate of drug-likeness (QED) is 0.596. The number of nitrogens with zero attached hydrogens (tertiary/aromatic N) is 6. The Morgan fingerprint density at radius 2 is 2.06 bits per heavy atom. The van der Waals surface area contributed by atoms with Gasteiger partial charge >= 0.3 is 0 Å². The summed E-state index contributed by atoms with van der Waals surface area (Å²) in [7, 11) is 0. The van der Waals surface area contributed by atoms with Crippen LogP contribution in [0.5, 0.6) is 0 Å². The second-order valence-electron chi connectivity index (χ2n) is 10.3. The molecule has 3 fully saturated rings. The van der Waals surface area contributed by atoms with Gasteiger partial charge in [0.05, 0.1) is 36.7 Å². The molecular formula is C24H31N7O3. The van der Waals surface area contributed by atoms with Crippen LogP contribution in [0.15, 0.2) is 24.7 Å². The number of ether oxygens (including phenoxy) is 1. The summed E-state index contributed by atoms with van der Waals surface area (Å²) in [5.74, 6) is 0.514. The van der Waals surface area contributed by atoms with Crippen molar-refractivity contribution in [2.45, 2.75) is 76.2 Å². The number of carbonyl (C=O) groups is 1. The van der Waals surface area contributed by atoms with Crippen LogP contribution in [0.4, 0.5) is 11.5 Å². The Bertz CT molecular complexity index is 1220. The van der Waals surface area contributed by atoms with E-state index in [4.69, 9.17) is 9.72 Å². The largest absolute Gasteiger partial charge is 0.384 e. The van der Waals surface area contributed by atoms with E-state index >= 15 is 0 Å². The van der Waals surface area contributed by atoms with Crippen molar-refractivity contribution in [3.8, 4) is 0 Å². The maximum atomic E-state index is 13.4. The molecule has 6 rings (SSSR count). The third-order valence-electron chi connectivity index (χ3n) is 7.30. The highest BCUT2D eigenvalue weighted by Gasteiger charge is 2.39. The van der Waals surface area contributed by atoms with Crippen LogP contribution < -0.4 is 10.2 Å². The summed E-state index contributed by atoms with van der Waals surface area (Å²) >= 11 is 0. The number of hydrogen-bond donors (Lipinski definition) is 2. The number of rotatable bonds is 5. The summed E-state index contributed by atoms with van der Waals surface area (Å²) in [5, 5.41) is 22.7. The lowest BCUT2D eigenvalue weighted by Crippen LogP contribution is -2.37. The minimum absolute atomic E-state index is 0.261. The molecule has 0 spiro atoms. The van der Waals surface area contributed by atoms with E-state index in [2.05, 4.69) is 20.4 Å². The second-order valence-corrected chi connectivity index (χ2v) is 10.3. The number of aromatic nitrogens is 5.